The van der Waals surface area contributed by atoms with E-state index in [1.807, 2.05) is 0 Å². The van der Waals surface area contributed by atoms with Gasteiger partial charge in [0.2, 0.25) is 5.82 Å². The Kier molecular flexibility index (Phi) is 11.7. The van der Waals surface area contributed by atoms with Crippen LogP contribution in [0.5, 0.6) is 0 Å². The van der Waals surface area contributed by atoms with Crippen LogP contribution in [0.1, 0.15) is 42.7 Å². The third kappa shape index (κ3) is 7.72. The minimum atomic E-state index is -5.74. The summed E-state index contributed by atoms with van der Waals surface area (Å²) in [6.45, 7) is 0. The van der Waals surface area contributed by atoms with Crippen molar-refractivity contribution < 1.29 is 87.8 Å². The van der Waals surface area contributed by atoms with E-state index in [1.54, 1.807) is 0 Å². The zero-order valence-electron chi connectivity index (χ0n) is 29.2. The monoisotopic (exact) mass is 884 g/mol. The van der Waals surface area contributed by atoms with Gasteiger partial charge in [-0.25, -0.2) is 61.5 Å². The van der Waals surface area contributed by atoms with Crippen LogP contribution in [-0.2, 0) is 6.18 Å². The van der Waals surface area contributed by atoms with Crippen molar-refractivity contribution in [3.8, 4) is 0 Å². The van der Waals surface area contributed by atoms with Crippen LogP contribution < -0.4 is 9.80 Å². The topological polar surface area (TPSA) is 6.48 Å². The average Bonchev–Trinajstić information content (AvgIpc) is 3.19. The van der Waals surface area contributed by atoms with E-state index in [2.05, 4.69) is 0 Å². The molecule has 0 aromatic heterocycles. The Balaban J connectivity index is 1.54. The van der Waals surface area contributed by atoms with E-state index >= 15 is 17.6 Å². The van der Waals surface area contributed by atoms with E-state index in [1.165, 1.54) is 0 Å². The maximum Gasteiger partial charge on any atom is 0.416 e. The summed E-state index contributed by atoms with van der Waals surface area (Å²) in [6.07, 6.45) is -21.3. The van der Waals surface area contributed by atoms with Crippen LogP contribution in [0.15, 0.2) is 112 Å². The van der Waals surface area contributed by atoms with Crippen LogP contribution in [0.2, 0.25) is 0 Å². The minimum Gasteiger partial charge on any atom is -0.332 e. The highest BCUT2D eigenvalue weighted by Crippen LogP contribution is 2.51. The van der Waals surface area contributed by atoms with Crippen molar-refractivity contribution in [2.24, 2.45) is 0 Å². The van der Waals surface area contributed by atoms with Gasteiger partial charge in [0, 0.05) is 35.0 Å². The van der Waals surface area contributed by atoms with Gasteiger partial charge >= 0.3 is 12.4 Å². The smallest absolute Gasteiger partial charge is 0.332 e. The van der Waals surface area contributed by atoms with Gasteiger partial charge in [0.25, 0.3) is 0 Å². The number of rotatable bonds is 7. The van der Waals surface area contributed by atoms with Gasteiger partial charge in [-0.15, -0.1) is 0 Å². The molecule has 0 saturated heterocycles. The van der Waals surface area contributed by atoms with Crippen molar-refractivity contribution in [1.29, 1.82) is 0 Å². The molecule has 0 aliphatic heterocycles. The molecule has 0 amide bonds. The molecular weight excluding hydrogens is 864 g/mol. The molecule has 2 aromatic carbocycles. The highest BCUT2D eigenvalue weighted by molar-refractivity contribution is 5.67. The van der Waals surface area contributed by atoms with Crippen molar-refractivity contribution in [2.45, 2.75) is 62.3 Å². The number of hydrogen-bond donors (Lipinski definition) is 0. The van der Waals surface area contributed by atoms with Crippen molar-refractivity contribution in [1.82, 2.24) is 0 Å². The van der Waals surface area contributed by atoms with Crippen LogP contribution in [0.4, 0.5) is 99.2 Å². The molecule has 0 bridgehead atoms. The molecule has 2 nitrogen and oxygen atoms in total. The largest absolute Gasteiger partial charge is 0.416 e. The summed E-state index contributed by atoms with van der Waals surface area (Å²) in [5.41, 5.74) is -12.4. The number of alkyl halides is 8. The van der Waals surface area contributed by atoms with E-state index in [9.17, 15) is 70.2 Å². The SMILES string of the molecule is FC1=CCC(N(C2=C(F)C(F)=C(F)C(F)C2F)c2ccc(C3CC=C(N(C4=CC(F)=C(F)CC4)c4c(F)c(F)c(F)c(F)c4F)C=C3C(F)(F)F)c(C(F)(F)F)c2)C=C1F. The summed E-state index contributed by atoms with van der Waals surface area (Å²) in [5.74, 6) is -30.1. The molecule has 0 fully saturated rings. The van der Waals surface area contributed by atoms with Gasteiger partial charge in [0.05, 0.1) is 17.3 Å². The van der Waals surface area contributed by atoms with Gasteiger partial charge < -0.3 is 9.80 Å². The van der Waals surface area contributed by atoms with Crippen LogP contribution in [0.3, 0.4) is 0 Å². The lowest BCUT2D eigenvalue weighted by atomic mass is 9.81. The van der Waals surface area contributed by atoms with E-state index < -0.39 is 177 Å². The fourth-order valence-electron chi connectivity index (χ4n) is 7.01. The van der Waals surface area contributed by atoms with Crippen LogP contribution in [0, 0.1) is 29.1 Å². The fourth-order valence-corrected chi connectivity index (χ4v) is 7.01. The molecule has 6 rings (SSSR count). The Morgan fingerprint density at radius 2 is 1.23 bits per heavy atom. The highest BCUT2D eigenvalue weighted by atomic mass is 19.4. The normalized spacial score (nSPS) is 23.0. The molecule has 4 aliphatic rings. The Bertz CT molecular complexity index is 2360. The maximum absolute atomic E-state index is 15.3. The molecule has 0 heterocycles. The highest BCUT2D eigenvalue weighted by Gasteiger charge is 2.48. The lowest BCUT2D eigenvalue weighted by molar-refractivity contribution is -0.138. The number of halogens is 20. The summed E-state index contributed by atoms with van der Waals surface area (Å²) in [6, 6.07) is -1.37. The first-order valence-electron chi connectivity index (χ1n) is 16.9. The van der Waals surface area contributed by atoms with Gasteiger partial charge in [0.15, 0.2) is 70.6 Å². The quantitative estimate of drug-likeness (QED) is 0.155. The number of benzene rings is 2. The van der Waals surface area contributed by atoms with Crippen LogP contribution in [0.25, 0.3) is 0 Å². The second-order valence-corrected chi connectivity index (χ2v) is 13.3. The third-order valence-corrected chi connectivity index (χ3v) is 9.76. The summed E-state index contributed by atoms with van der Waals surface area (Å²) < 4.78 is 292. The van der Waals surface area contributed by atoms with Gasteiger partial charge in [-0.3, -0.25) is 0 Å². The fraction of sp³-hybridized carbons (Fsp3) is 0.263. The Hall–Kier alpha value is -5.44. The van der Waals surface area contributed by atoms with Crippen LogP contribution in [-0.4, -0.2) is 24.6 Å². The number of hydrogen-bond acceptors (Lipinski definition) is 2. The molecule has 2 aromatic rings. The minimum absolute atomic E-state index is 0.00968. The number of allylic oxidation sites excluding steroid dienone is 13. The Morgan fingerprint density at radius 3 is 1.80 bits per heavy atom. The molecule has 4 aliphatic carbocycles. The molecule has 60 heavy (non-hydrogen) atoms. The average molecular weight is 885 g/mol. The molecule has 0 spiro atoms. The Morgan fingerprint density at radius 1 is 0.617 bits per heavy atom. The predicted molar refractivity (Wildman–Crippen MR) is 173 cm³/mol. The second-order valence-electron chi connectivity index (χ2n) is 13.3. The number of anilines is 2. The molecule has 22 heteroatoms. The first kappa shape index (κ1) is 44.1. The molecular formula is C38H20F20N2. The molecule has 0 saturated carbocycles. The van der Waals surface area contributed by atoms with E-state index in [0.29, 0.717) is 18.2 Å². The zero-order valence-corrected chi connectivity index (χ0v) is 29.2. The standard InChI is InChI=1S/C38H20F20N2/c39-21-7-3-15(11-23(21)41)59(35-31(49)27(45)25(43)28(46)32(35)50)13-1-5-17(19(9-13)37(53,54)55)18-6-2-14(10-20(18)38(56,57)58)60(16-4-8-22(40)24(42)12-16)36-33(51)29(47)26(44)30(48)34(36)52/h1-2,5,7,9-12,15,18,27,31H,3-4,6,8H2. The van der Waals surface area contributed by atoms with E-state index in [-0.39, 0.29) is 40.2 Å². The summed E-state index contributed by atoms with van der Waals surface area (Å²) in [4.78, 5) is -0.0614. The molecule has 322 valence electrons. The molecule has 0 N–H and O–H groups in total. The number of nitrogens with zero attached hydrogens (tertiary/aromatic N) is 2. The van der Waals surface area contributed by atoms with Gasteiger partial charge in [0.1, 0.15) is 11.5 Å². The van der Waals surface area contributed by atoms with E-state index in [0.717, 1.165) is 0 Å². The molecule has 0 radical (unpaired) electrons. The predicted octanol–water partition coefficient (Wildman–Crippen LogP) is 13.9. The van der Waals surface area contributed by atoms with Gasteiger partial charge in [-0.05, 0) is 61.3 Å². The van der Waals surface area contributed by atoms with Crippen LogP contribution >= 0.6 is 0 Å². The van der Waals surface area contributed by atoms with E-state index in [4.69, 9.17) is 0 Å². The zero-order chi connectivity index (χ0) is 44.5. The lowest BCUT2D eigenvalue weighted by Crippen LogP contribution is -2.42. The maximum atomic E-state index is 15.3. The second kappa shape index (κ2) is 15.9. The van der Waals surface area contributed by atoms with Crippen molar-refractivity contribution in [2.75, 3.05) is 9.80 Å². The summed E-state index contributed by atoms with van der Waals surface area (Å²) >= 11 is 0. The van der Waals surface area contributed by atoms with Crippen molar-refractivity contribution >= 4 is 11.4 Å². The third-order valence-electron chi connectivity index (χ3n) is 9.76. The Labute approximate surface area is 323 Å². The van der Waals surface area contributed by atoms with Gasteiger partial charge in [-0.2, -0.15) is 26.3 Å². The molecule has 4 unspecified atom stereocenters. The lowest BCUT2D eigenvalue weighted by Gasteiger charge is -2.38. The van der Waals surface area contributed by atoms with Gasteiger partial charge in [-0.1, -0.05) is 12.1 Å². The summed E-state index contributed by atoms with van der Waals surface area (Å²) in [7, 11) is 0. The van der Waals surface area contributed by atoms with Crippen molar-refractivity contribution in [3.63, 3.8) is 0 Å². The first-order valence-corrected chi connectivity index (χ1v) is 16.9. The summed E-state index contributed by atoms with van der Waals surface area (Å²) in [5, 5.41) is 0. The molecule has 4 atom stereocenters. The first-order chi connectivity index (χ1) is 27.9. The van der Waals surface area contributed by atoms with Crippen molar-refractivity contribution in [3.05, 3.63) is 152 Å².